The Morgan fingerprint density at radius 3 is 2.78 bits per heavy atom. The number of pyridine rings is 1. The molecule has 0 aliphatic carbocycles. The van der Waals surface area contributed by atoms with Crippen LogP contribution in [0.4, 0.5) is 8.78 Å². The molecule has 0 saturated heterocycles. The fraction of sp³-hybridized carbons (Fsp3) is 0.143. The molecule has 0 atom stereocenters. The summed E-state index contributed by atoms with van der Waals surface area (Å²) in [7, 11) is 0. The van der Waals surface area contributed by atoms with Crippen molar-refractivity contribution in [1.29, 1.82) is 0 Å². The number of halogens is 2. The van der Waals surface area contributed by atoms with E-state index in [1.54, 1.807) is 17.7 Å². The second-order valence-corrected chi connectivity index (χ2v) is 6.10. The molecule has 2 rings (SSSR count). The Morgan fingerprint density at radius 1 is 1.19 bits per heavy atom. The molecule has 6 heteroatoms. The Morgan fingerprint density at radius 2 is 2.04 bits per heavy atom. The van der Waals surface area contributed by atoms with Gasteiger partial charge < -0.3 is 4.74 Å². The molecular formula is C21H20F2N2OS. The molecule has 27 heavy (non-hydrogen) atoms. The average molecular weight is 386 g/mol. The van der Waals surface area contributed by atoms with Crippen molar-refractivity contribution in [1.82, 2.24) is 9.97 Å². The first-order valence-corrected chi connectivity index (χ1v) is 9.15. The second kappa shape index (κ2) is 11.8. The van der Waals surface area contributed by atoms with Gasteiger partial charge in [-0.05, 0) is 29.8 Å². The molecule has 0 bridgehead atoms. The molecule has 2 heterocycles. The molecule has 2 aromatic heterocycles. The number of allylic oxidation sites excluding steroid dienone is 4. The van der Waals surface area contributed by atoms with Gasteiger partial charge >= 0.3 is 0 Å². The van der Waals surface area contributed by atoms with Crippen molar-refractivity contribution in [2.75, 3.05) is 19.9 Å². The minimum absolute atomic E-state index is 0.0877. The van der Waals surface area contributed by atoms with Gasteiger partial charge in [-0.3, -0.25) is 0 Å². The molecule has 0 aliphatic heterocycles. The first-order valence-electron chi connectivity index (χ1n) is 8.27. The molecule has 0 unspecified atom stereocenters. The van der Waals surface area contributed by atoms with E-state index < -0.39 is 12.6 Å². The first-order chi connectivity index (χ1) is 13.2. The quantitative estimate of drug-likeness (QED) is 0.337. The third kappa shape index (κ3) is 7.21. The third-order valence-corrected chi connectivity index (χ3v) is 4.16. The Bertz CT molecular complexity index is 843. The van der Waals surface area contributed by atoms with Crippen LogP contribution in [0.3, 0.4) is 0 Å². The topological polar surface area (TPSA) is 35.0 Å². The van der Waals surface area contributed by atoms with Crippen molar-refractivity contribution in [3.05, 3.63) is 89.8 Å². The summed E-state index contributed by atoms with van der Waals surface area (Å²) in [5, 5.41) is 0. The zero-order valence-electron chi connectivity index (χ0n) is 14.7. The van der Waals surface area contributed by atoms with Crippen molar-refractivity contribution < 1.29 is 13.5 Å². The van der Waals surface area contributed by atoms with Crippen molar-refractivity contribution in [3.63, 3.8) is 0 Å². The van der Waals surface area contributed by atoms with E-state index in [9.17, 15) is 8.78 Å². The highest BCUT2D eigenvalue weighted by Gasteiger charge is 1.99. The number of hydrogen-bond acceptors (Lipinski definition) is 4. The minimum atomic E-state index is -0.526. The van der Waals surface area contributed by atoms with Gasteiger partial charge in [0.2, 0.25) is 5.95 Å². The SMILES string of the molecule is C=C/C=C(\C=C/COCCF)c1ccccc(-c2ccc(F)nc2)ncs1. The number of hydrogen-bond donors (Lipinski definition) is 0. The molecular weight excluding hydrogens is 366 g/mol. The van der Waals surface area contributed by atoms with E-state index in [1.807, 2.05) is 42.5 Å². The molecule has 0 saturated carbocycles. The lowest BCUT2D eigenvalue weighted by Crippen LogP contribution is -1.95. The van der Waals surface area contributed by atoms with E-state index in [1.165, 1.54) is 23.6 Å². The van der Waals surface area contributed by atoms with Crippen molar-refractivity contribution in [2.24, 2.45) is 0 Å². The largest absolute Gasteiger partial charge is 0.375 e. The van der Waals surface area contributed by atoms with Crippen LogP contribution < -0.4 is 0 Å². The average Bonchev–Trinajstić information content (AvgIpc) is 2.80. The molecule has 140 valence electrons. The highest BCUT2D eigenvalue weighted by Crippen LogP contribution is 2.20. The van der Waals surface area contributed by atoms with Gasteiger partial charge in [0.05, 0.1) is 24.4 Å². The summed E-state index contributed by atoms with van der Waals surface area (Å²) < 4.78 is 30.2. The lowest BCUT2D eigenvalue weighted by Gasteiger charge is -1.99. The highest BCUT2D eigenvalue weighted by molar-refractivity contribution is 7.10. The summed E-state index contributed by atoms with van der Waals surface area (Å²) in [6.45, 7) is 3.67. The highest BCUT2D eigenvalue weighted by atomic mass is 32.1. The van der Waals surface area contributed by atoms with Gasteiger partial charge in [-0.1, -0.05) is 43.0 Å². The molecule has 0 spiro atoms. The minimum Gasteiger partial charge on any atom is -0.375 e. The van der Waals surface area contributed by atoms with Crippen LogP contribution in [0.5, 0.6) is 0 Å². The van der Waals surface area contributed by atoms with Crippen LogP contribution >= 0.6 is 11.3 Å². The fourth-order valence-corrected chi connectivity index (χ4v) is 2.81. The number of rotatable bonds is 8. The molecule has 0 amide bonds. The fourth-order valence-electron chi connectivity index (χ4n) is 2.10. The Hall–Kier alpha value is -2.70. The van der Waals surface area contributed by atoms with E-state index >= 15 is 0 Å². The zero-order valence-corrected chi connectivity index (χ0v) is 15.5. The number of aromatic nitrogens is 2. The molecule has 0 aliphatic rings. The maximum absolute atomic E-state index is 13.0. The summed E-state index contributed by atoms with van der Waals surface area (Å²) in [4.78, 5) is 9.08. The van der Waals surface area contributed by atoms with Crippen LogP contribution in [-0.2, 0) is 4.74 Å². The summed E-state index contributed by atoms with van der Waals surface area (Å²) >= 11 is 1.44. The Labute approximate surface area is 161 Å². The van der Waals surface area contributed by atoms with E-state index in [2.05, 4.69) is 16.5 Å². The van der Waals surface area contributed by atoms with Crippen molar-refractivity contribution in [2.45, 2.75) is 0 Å². The third-order valence-electron chi connectivity index (χ3n) is 3.32. The normalized spacial score (nSPS) is 11.4. The number of alkyl halides is 1. The molecule has 2 aromatic rings. The van der Waals surface area contributed by atoms with Gasteiger partial charge in [0.1, 0.15) is 6.67 Å². The van der Waals surface area contributed by atoms with Gasteiger partial charge in [-0.25, -0.2) is 14.4 Å². The Balaban J connectivity index is 2.28. The van der Waals surface area contributed by atoms with Crippen LogP contribution in [0, 0.1) is 5.95 Å². The van der Waals surface area contributed by atoms with Crippen LogP contribution in [0.25, 0.3) is 16.8 Å². The number of nitrogens with zero attached hydrogens (tertiary/aromatic N) is 2. The van der Waals surface area contributed by atoms with Gasteiger partial charge in [0.15, 0.2) is 0 Å². The van der Waals surface area contributed by atoms with Gasteiger partial charge in [-0.2, -0.15) is 4.39 Å². The molecule has 0 fully saturated rings. The zero-order chi connectivity index (χ0) is 19.3. The van der Waals surface area contributed by atoms with Gasteiger partial charge in [0.25, 0.3) is 0 Å². The predicted molar refractivity (Wildman–Crippen MR) is 107 cm³/mol. The van der Waals surface area contributed by atoms with Crippen molar-refractivity contribution >= 4 is 16.9 Å². The number of ether oxygens (including phenoxy) is 1. The lowest BCUT2D eigenvalue weighted by atomic mass is 10.2. The Kier molecular flexibility index (Phi) is 9.03. The van der Waals surface area contributed by atoms with E-state index in [-0.39, 0.29) is 6.61 Å². The molecule has 0 radical (unpaired) electrons. The van der Waals surface area contributed by atoms with Gasteiger partial charge in [-0.15, -0.1) is 11.3 Å². The van der Waals surface area contributed by atoms with E-state index in [0.717, 1.165) is 16.0 Å². The summed E-state index contributed by atoms with van der Waals surface area (Å²) in [6, 6.07) is 10.5. The van der Waals surface area contributed by atoms with E-state index in [0.29, 0.717) is 12.3 Å². The standard InChI is InChI=1S/C21H20F2N2OS/c1-2-6-17(7-5-13-26-14-12-22)20-9-4-3-8-19(25-16-27-20)18-10-11-21(23)24-15-18/h2-11,15-16H,1,12-14H2/b4-3?,7-5-,17-6+,19-8?,20-9?,25-16?. The molecule has 0 aromatic carbocycles. The lowest BCUT2D eigenvalue weighted by molar-refractivity contribution is 0.144. The van der Waals surface area contributed by atoms with Crippen molar-refractivity contribution in [3.8, 4) is 11.3 Å². The van der Waals surface area contributed by atoms with Crippen LogP contribution in [-0.4, -0.2) is 29.9 Å². The van der Waals surface area contributed by atoms with Crippen LogP contribution in [0.2, 0.25) is 0 Å². The predicted octanol–water partition coefficient (Wildman–Crippen LogP) is 5.58. The monoisotopic (exact) mass is 386 g/mol. The van der Waals surface area contributed by atoms with E-state index in [4.69, 9.17) is 4.74 Å². The molecule has 3 nitrogen and oxygen atoms in total. The smallest absolute Gasteiger partial charge is 0.212 e. The van der Waals surface area contributed by atoms with Crippen LogP contribution in [0.15, 0.2) is 79.0 Å². The summed E-state index contributed by atoms with van der Waals surface area (Å²) in [5.41, 5.74) is 4.07. The second-order valence-electron chi connectivity index (χ2n) is 5.21. The van der Waals surface area contributed by atoms with Gasteiger partial charge in [0, 0.05) is 16.6 Å². The maximum atomic E-state index is 13.0. The molecule has 0 N–H and O–H groups in total. The summed E-state index contributed by atoms with van der Waals surface area (Å²) in [5.74, 6) is -0.526. The first kappa shape index (κ1) is 20.6. The van der Waals surface area contributed by atoms with Crippen LogP contribution in [0.1, 0.15) is 4.88 Å². The maximum Gasteiger partial charge on any atom is 0.212 e. The summed E-state index contributed by atoms with van der Waals surface area (Å²) in [6.07, 6.45) is 8.75.